The first-order valence-corrected chi connectivity index (χ1v) is 4.69. The maximum absolute atomic E-state index is 9.96. The summed E-state index contributed by atoms with van der Waals surface area (Å²) in [7, 11) is -2.37. The van der Waals surface area contributed by atoms with E-state index in [1.807, 2.05) is 0 Å². The van der Waals surface area contributed by atoms with Crippen LogP contribution in [-0.4, -0.2) is 11.5 Å². The van der Waals surface area contributed by atoms with Crippen molar-refractivity contribution in [2.24, 2.45) is 0 Å². The van der Waals surface area contributed by atoms with Gasteiger partial charge in [-0.3, -0.25) is 0 Å². The van der Waals surface area contributed by atoms with Crippen molar-refractivity contribution in [2.45, 2.75) is 32.6 Å². The quantitative estimate of drug-likeness (QED) is 0.425. The molecule has 1 N–H and O–H groups in total. The molecule has 0 rings (SSSR count). The Bertz CT molecular complexity index is 99.8. The molecule has 1 atom stereocenters. The topological polar surface area (TPSA) is 46.5 Å². The van der Waals surface area contributed by atoms with E-state index in [-0.39, 0.29) is 17.1 Å². The Labute approximate surface area is 78.9 Å². The molecule has 0 aromatic rings. The molecule has 3 nitrogen and oxygen atoms in total. The van der Waals surface area contributed by atoms with Crippen molar-refractivity contribution in [1.29, 1.82) is 0 Å². The Hall–Kier alpha value is 0.539. The Morgan fingerprint density at radius 3 is 2.45 bits per heavy atom. The van der Waals surface area contributed by atoms with Crippen LogP contribution in [0.25, 0.3) is 0 Å². The molecule has 0 aliphatic rings. The summed E-state index contributed by atoms with van der Waals surface area (Å²) < 4.78 is 14.4. The van der Waals surface area contributed by atoms with E-state index in [0.717, 1.165) is 12.8 Å². The van der Waals surface area contributed by atoms with Gasteiger partial charge < -0.3 is 0 Å². The van der Waals surface area contributed by atoms with Crippen LogP contribution in [-0.2, 0) is 26.2 Å². The Kier molecular flexibility index (Phi) is 13.5. The zero-order valence-electron chi connectivity index (χ0n) is 6.60. The summed E-state index contributed by atoms with van der Waals surface area (Å²) >= 11 is 0. The van der Waals surface area contributed by atoms with Gasteiger partial charge >= 0.3 is 8.25 Å². The van der Waals surface area contributed by atoms with E-state index in [1.165, 1.54) is 12.8 Å². The molecule has 1 unspecified atom stereocenters. The molecule has 0 saturated heterocycles. The first kappa shape index (κ1) is 14.1. The van der Waals surface area contributed by atoms with Crippen molar-refractivity contribution < 1.29 is 31.1 Å². The number of hydrogen-bond acceptors (Lipinski definition) is 2. The molecule has 0 spiro atoms. The fourth-order valence-electron chi connectivity index (χ4n) is 0.671. The van der Waals surface area contributed by atoms with Crippen molar-refractivity contribution in [3.05, 3.63) is 0 Å². The second kappa shape index (κ2) is 10.5. The van der Waals surface area contributed by atoms with Gasteiger partial charge in [0.2, 0.25) is 0 Å². The summed E-state index contributed by atoms with van der Waals surface area (Å²) in [5.41, 5.74) is 0. The summed E-state index contributed by atoms with van der Waals surface area (Å²) in [4.78, 5) is 8.20. The predicted molar refractivity (Wildman–Crippen MR) is 39.9 cm³/mol. The van der Waals surface area contributed by atoms with Gasteiger partial charge in [0.05, 0.1) is 0 Å². The van der Waals surface area contributed by atoms with Crippen LogP contribution in [0.5, 0.6) is 0 Å². The summed E-state index contributed by atoms with van der Waals surface area (Å²) in [6.07, 6.45) is 4.31. The molecule has 0 aromatic carbocycles. The maximum Gasteiger partial charge on any atom is 0.694 e. The van der Waals surface area contributed by atoms with E-state index in [0.29, 0.717) is 6.61 Å². The summed E-state index contributed by atoms with van der Waals surface area (Å²) in [6, 6.07) is 0. The van der Waals surface area contributed by atoms with Gasteiger partial charge in [0.1, 0.15) is 6.61 Å². The normalized spacial score (nSPS) is 10.5. The monoisotopic (exact) mass is 221 g/mol. The van der Waals surface area contributed by atoms with E-state index in [4.69, 9.17) is 4.89 Å². The molecule has 5 heteroatoms. The largest absolute Gasteiger partial charge is 0.694 e. The second-order valence-corrected chi connectivity index (χ2v) is 2.87. The average Bonchev–Trinajstić information content (AvgIpc) is 1.87. The van der Waals surface area contributed by atoms with Crippen LogP contribution < -0.4 is 0 Å². The molecule has 0 radical (unpaired) electrons. The van der Waals surface area contributed by atoms with Gasteiger partial charge in [-0.2, -0.15) is 0 Å². The minimum absolute atomic E-state index is 0. The van der Waals surface area contributed by atoms with Crippen molar-refractivity contribution >= 4 is 8.25 Å². The molecule has 0 bridgehead atoms. The van der Waals surface area contributed by atoms with E-state index < -0.39 is 8.25 Å². The van der Waals surface area contributed by atoms with Crippen LogP contribution in [0, 0.1) is 0 Å². The van der Waals surface area contributed by atoms with Gasteiger partial charge in [-0.1, -0.05) is 26.2 Å². The number of unbranched alkanes of at least 4 members (excludes halogenated alkanes) is 3. The van der Waals surface area contributed by atoms with Crippen LogP contribution in [0.4, 0.5) is 0 Å². The molecule has 0 saturated carbocycles. The summed E-state index contributed by atoms with van der Waals surface area (Å²) in [6.45, 7) is 2.53. The van der Waals surface area contributed by atoms with E-state index in [2.05, 4.69) is 11.4 Å². The van der Waals surface area contributed by atoms with Gasteiger partial charge in [-0.05, 0) is 6.42 Å². The van der Waals surface area contributed by atoms with Crippen molar-refractivity contribution in [3.63, 3.8) is 0 Å². The molecule has 0 heterocycles. The molecular weight excluding hydrogens is 207 g/mol. The molecule has 0 aliphatic carbocycles. The third kappa shape index (κ3) is 13.5. The standard InChI is InChI=1S/C6H13O3P.Fe/c1-2-3-4-5-6-9-10(7)8;/h2-6H2,1H3;/p+1. The van der Waals surface area contributed by atoms with Gasteiger partial charge in [-0.25, -0.2) is 0 Å². The zero-order valence-corrected chi connectivity index (χ0v) is 8.60. The van der Waals surface area contributed by atoms with Crippen molar-refractivity contribution in [3.8, 4) is 0 Å². The van der Waals surface area contributed by atoms with Gasteiger partial charge in [-0.15, -0.1) is 9.42 Å². The van der Waals surface area contributed by atoms with Crippen molar-refractivity contribution in [1.82, 2.24) is 0 Å². The zero-order chi connectivity index (χ0) is 7.82. The van der Waals surface area contributed by atoms with Crippen LogP contribution in [0.1, 0.15) is 32.6 Å². The third-order valence-electron chi connectivity index (χ3n) is 1.20. The number of hydrogen-bond donors (Lipinski definition) is 1. The van der Waals surface area contributed by atoms with Crippen LogP contribution in [0.2, 0.25) is 0 Å². The molecule has 11 heavy (non-hydrogen) atoms. The minimum atomic E-state index is -2.37. The fourth-order valence-corrected chi connectivity index (χ4v) is 0.957. The molecule has 0 fully saturated rings. The van der Waals surface area contributed by atoms with Crippen LogP contribution in [0.15, 0.2) is 0 Å². The SMILES string of the molecule is CCCCCCO[P+](=O)O.[Fe]. The second-order valence-electron chi connectivity index (χ2n) is 2.13. The number of rotatable bonds is 6. The average molecular weight is 221 g/mol. The van der Waals surface area contributed by atoms with Crippen LogP contribution in [0.3, 0.4) is 0 Å². The van der Waals surface area contributed by atoms with E-state index >= 15 is 0 Å². The first-order chi connectivity index (χ1) is 4.77. The van der Waals surface area contributed by atoms with Gasteiger partial charge in [0.25, 0.3) is 0 Å². The Morgan fingerprint density at radius 1 is 1.36 bits per heavy atom. The molecular formula is C6H14FeO3P+. The fraction of sp³-hybridized carbons (Fsp3) is 1.00. The Morgan fingerprint density at radius 2 is 2.00 bits per heavy atom. The van der Waals surface area contributed by atoms with Gasteiger partial charge in [0, 0.05) is 21.6 Å². The van der Waals surface area contributed by atoms with E-state index in [1.54, 1.807) is 0 Å². The minimum Gasteiger partial charge on any atom is -0.133 e. The molecule has 0 aliphatic heterocycles. The Balaban J connectivity index is 0. The van der Waals surface area contributed by atoms with E-state index in [9.17, 15) is 4.57 Å². The predicted octanol–water partition coefficient (Wildman–Crippen LogP) is 2.23. The summed E-state index contributed by atoms with van der Waals surface area (Å²) in [5.74, 6) is 0. The molecule has 68 valence electrons. The van der Waals surface area contributed by atoms with Crippen molar-refractivity contribution in [2.75, 3.05) is 6.61 Å². The van der Waals surface area contributed by atoms with Crippen LogP contribution >= 0.6 is 8.25 Å². The maximum atomic E-state index is 9.96. The summed E-state index contributed by atoms with van der Waals surface area (Å²) in [5, 5.41) is 0. The first-order valence-electron chi connectivity index (χ1n) is 3.56. The molecule has 0 amide bonds. The smallest absolute Gasteiger partial charge is 0.133 e. The van der Waals surface area contributed by atoms with Gasteiger partial charge in [0.15, 0.2) is 0 Å². The third-order valence-corrected chi connectivity index (χ3v) is 1.60. The molecule has 0 aromatic heterocycles.